The van der Waals surface area contributed by atoms with Gasteiger partial charge in [-0.25, -0.2) is 8.78 Å². The van der Waals surface area contributed by atoms with E-state index in [1.807, 2.05) is 13.8 Å². The van der Waals surface area contributed by atoms with Gasteiger partial charge in [-0.05, 0) is 34.3 Å². The van der Waals surface area contributed by atoms with Gasteiger partial charge in [0.05, 0.1) is 4.48 Å². The number of hydrogen-bond donors (Lipinski definition) is 0. The Hall–Kier alpha value is -0.440. The number of hydrogen-bond acceptors (Lipinski definition) is 0. The number of halogens is 3. The largest absolute Gasteiger partial charge is 0.204 e. The molecule has 0 saturated carbocycles. The summed E-state index contributed by atoms with van der Waals surface area (Å²) in [5.74, 6) is -1.70. The predicted molar refractivity (Wildman–Crippen MR) is 55.9 cm³/mol. The lowest BCUT2D eigenvalue weighted by Crippen LogP contribution is -1.93. The Morgan fingerprint density at radius 3 is 2.08 bits per heavy atom. The fourth-order valence-corrected chi connectivity index (χ4v) is 0.795. The van der Waals surface area contributed by atoms with Crippen LogP contribution in [0.1, 0.15) is 20.8 Å². The first-order valence-corrected chi connectivity index (χ1v) is 4.75. The minimum atomic E-state index is -0.888. The van der Waals surface area contributed by atoms with Crippen molar-refractivity contribution < 1.29 is 8.78 Å². The highest BCUT2D eigenvalue weighted by Gasteiger charge is 2.12. The van der Waals surface area contributed by atoms with Crippen molar-refractivity contribution in [3.63, 3.8) is 0 Å². The lowest BCUT2D eigenvalue weighted by atomic mass is 10.0. The van der Waals surface area contributed by atoms with Crippen molar-refractivity contribution in [2.24, 2.45) is 5.92 Å². The quantitative estimate of drug-likeness (QED) is 0.640. The van der Waals surface area contributed by atoms with Crippen LogP contribution >= 0.6 is 15.9 Å². The van der Waals surface area contributed by atoms with Crippen molar-refractivity contribution in [2.45, 2.75) is 20.8 Å². The summed E-state index contributed by atoms with van der Waals surface area (Å²) >= 11 is 2.87. The summed E-state index contributed by atoms with van der Waals surface area (Å²) in [7, 11) is 0. The van der Waals surface area contributed by atoms with E-state index in [0.29, 0.717) is 5.57 Å². The molecule has 0 aromatic carbocycles. The molecule has 0 radical (unpaired) electrons. The molecule has 0 fully saturated rings. The summed E-state index contributed by atoms with van der Waals surface area (Å²) in [6, 6.07) is 0. The summed E-state index contributed by atoms with van der Waals surface area (Å²) in [5, 5.41) is 0. The number of rotatable bonds is 3. The van der Waals surface area contributed by atoms with Gasteiger partial charge in [0.15, 0.2) is 11.7 Å². The first kappa shape index (κ1) is 12.6. The lowest BCUT2D eigenvalue weighted by molar-refractivity contribution is 0.522. The molecule has 0 nitrogen and oxygen atoms in total. The third-order valence-electron chi connectivity index (χ3n) is 1.79. The van der Waals surface area contributed by atoms with E-state index in [1.54, 1.807) is 6.92 Å². The summed E-state index contributed by atoms with van der Waals surface area (Å²) in [6.45, 7) is 8.53. The normalized spacial score (nSPS) is 15.3. The maximum absolute atomic E-state index is 13.2. The molecule has 0 heterocycles. The maximum atomic E-state index is 13.2. The average Bonchev–Trinajstić information content (AvgIpc) is 2.12. The molecule has 0 unspecified atom stereocenters. The van der Waals surface area contributed by atoms with Gasteiger partial charge in [-0.15, -0.1) is 0 Å². The Balaban J connectivity index is 5.10. The van der Waals surface area contributed by atoms with Crippen LogP contribution in [0.15, 0.2) is 34.4 Å². The zero-order chi connectivity index (χ0) is 10.6. The van der Waals surface area contributed by atoms with Gasteiger partial charge in [0.1, 0.15) is 0 Å². The van der Waals surface area contributed by atoms with E-state index in [1.165, 1.54) is 6.08 Å². The fraction of sp³-hybridized carbons (Fsp3) is 0.400. The van der Waals surface area contributed by atoms with Crippen molar-refractivity contribution in [1.29, 1.82) is 0 Å². The highest BCUT2D eigenvalue weighted by molar-refractivity contribution is 9.11. The van der Waals surface area contributed by atoms with Crippen LogP contribution in [-0.4, -0.2) is 0 Å². The molecule has 0 spiro atoms. The standard InChI is InChI=1S/C10H13BrF2/c1-5-8(11)10(13)9(12)7(4)6(2)3/h5-6H,1H2,2-4H3/b9-7-,10-8-. The monoisotopic (exact) mass is 250 g/mol. The molecule has 0 bridgehead atoms. The van der Waals surface area contributed by atoms with Crippen LogP contribution in [0.3, 0.4) is 0 Å². The van der Waals surface area contributed by atoms with Crippen LogP contribution in [0.4, 0.5) is 8.78 Å². The minimum Gasteiger partial charge on any atom is -0.204 e. The molecule has 3 heteroatoms. The van der Waals surface area contributed by atoms with Crippen LogP contribution in [0.25, 0.3) is 0 Å². The molecule has 0 atom stereocenters. The first-order chi connectivity index (χ1) is 5.91. The highest BCUT2D eigenvalue weighted by atomic mass is 79.9. The topological polar surface area (TPSA) is 0 Å². The smallest absolute Gasteiger partial charge is 0.172 e. The van der Waals surface area contributed by atoms with Gasteiger partial charge in [-0.1, -0.05) is 26.5 Å². The Labute approximate surface area is 86.2 Å². The lowest BCUT2D eigenvalue weighted by Gasteiger charge is -2.06. The predicted octanol–water partition coefficient (Wildman–Crippen LogP) is 4.65. The van der Waals surface area contributed by atoms with E-state index in [0.717, 1.165) is 0 Å². The van der Waals surface area contributed by atoms with Crippen LogP contribution in [0, 0.1) is 5.92 Å². The second-order valence-corrected chi connectivity index (χ2v) is 3.87. The summed E-state index contributed by atoms with van der Waals surface area (Å²) in [4.78, 5) is 0. The molecule has 0 aliphatic carbocycles. The Bertz CT molecular complexity index is 262. The van der Waals surface area contributed by atoms with Gasteiger partial charge in [0, 0.05) is 0 Å². The van der Waals surface area contributed by atoms with E-state index in [2.05, 4.69) is 22.5 Å². The third kappa shape index (κ3) is 3.43. The molecular weight excluding hydrogens is 238 g/mol. The zero-order valence-corrected chi connectivity index (χ0v) is 9.58. The van der Waals surface area contributed by atoms with Gasteiger partial charge in [-0.3, -0.25) is 0 Å². The molecule has 0 amide bonds. The SMILES string of the molecule is C=C/C(Br)=C(F)\C(F)=C(/C)C(C)C. The summed E-state index contributed by atoms with van der Waals surface area (Å²) in [6.07, 6.45) is 1.22. The molecule has 74 valence electrons. The van der Waals surface area contributed by atoms with Gasteiger partial charge in [0.25, 0.3) is 0 Å². The van der Waals surface area contributed by atoms with Gasteiger partial charge >= 0.3 is 0 Å². The third-order valence-corrected chi connectivity index (χ3v) is 2.47. The van der Waals surface area contributed by atoms with Gasteiger partial charge in [0.2, 0.25) is 0 Å². The highest BCUT2D eigenvalue weighted by Crippen LogP contribution is 2.27. The molecule has 0 saturated heterocycles. The molecule has 0 aromatic rings. The summed E-state index contributed by atoms with van der Waals surface area (Å²) < 4.78 is 26.4. The molecule has 0 aliphatic heterocycles. The van der Waals surface area contributed by atoms with Crippen molar-refractivity contribution in [3.05, 3.63) is 34.4 Å². The zero-order valence-electron chi connectivity index (χ0n) is 8.00. The van der Waals surface area contributed by atoms with E-state index in [-0.39, 0.29) is 10.4 Å². The molecular formula is C10H13BrF2. The molecule has 0 aromatic heterocycles. The second kappa shape index (κ2) is 5.32. The first-order valence-electron chi connectivity index (χ1n) is 3.96. The molecule has 0 N–H and O–H groups in total. The fourth-order valence-electron chi connectivity index (χ4n) is 0.621. The van der Waals surface area contributed by atoms with Crippen LogP contribution in [0.2, 0.25) is 0 Å². The van der Waals surface area contributed by atoms with Gasteiger partial charge < -0.3 is 0 Å². The summed E-state index contributed by atoms with van der Waals surface area (Å²) in [5.41, 5.74) is 0.399. The van der Waals surface area contributed by atoms with E-state index in [4.69, 9.17) is 0 Å². The Morgan fingerprint density at radius 2 is 1.77 bits per heavy atom. The minimum absolute atomic E-state index is 0.00383. The second-order valence-electron chi connectivity index (χ2n) is 3.02. The van der Waals surface area contributed by atoms with Crippen LogP contribution in [0.5, 0.6) is 0 Å². The van der Waals surface area contributed by atoms with E-state index < -0.39 is 11.7 Å². The molecule has 0 rings (SSSR count). The van der Waals surface area contributed by atoms with Crippen LogP contribution in [-0.2, 0) is 0 Å². The average molecular weight is 251 g/mol. The maximum Gasteiger partial charge on any atom is 0.172 e. The Kier molecular flexibility index (Phi) is 5.14. The molecule has 0 aliphatic rings. The van der Waals surface area contributed by atoms with Gasteiger partial charge in [-0.2, -0.15) is 0 Å². The van der Waals surface area contributed by atoms with Crippen molar-refractivity contribution in [1.82, 2.24) is 0 Å². The van der Waals surface area contributed by atoms with Crippen molar-refractivity contribution >= 4 is 15.9 Å². The van der Waals surface area contributed by atoms with Crippen molar-refractivity contribution in [3.8, 4) is 0 Å². The van der Waals surface area contributed by atoms with Crippen LogP contribution < -0.4 is 0 Å². The Morgan fingerprint density at radius 1 is 1.31 bits per heavy atom. The van der Waals surface area contributed by atoms with E-state index in [9.17, 15) is 8.78 Å². The van der Waals surface area contributed by atoms with Crippen molar-refractivity contribution in [2.75, 3.05) is 0 Å². The van der Waals surface area contributed by atoms with E-state index >= 15 is 0 Å². The number of allylic oxidation sites excluding steroid dienone is 5. The molecule has 13 heavy (non-hydrogen) atoms.